The molecule has 14 heavy (non-hydrogen) atoms. The second kappa shape index (κ2) is 12.7. The number of hydrogen-bond acceptors (Lipinski definition) is 0. The van der Waals surface area contributed by atoms with Crippen LogP contribution in [0.4, 0.5) is 0 Å². The Hall–Kier alpha value is -0.300. The lowest BCUT2D eigenvalue weighted by Gasteiger charge is -2.22. The van der Waals surface area contributed by atoms with Crippen molar-refractivity contribution in [2.75, 3.05) is 27.7 Å². The average Bonchev–Trinajstić information content (AvgIpc) is 2.07. The molecule has 0 rings (SSSR count). The summed E-state index contributed by atoms with van der Waals surface area (Å²) in [6.45, 7) is 15.3. The van der Waals surface area contributed by atoms with Gasteiger partial charge in [-0.2, -0.15) is 0 Å². The first-order valence-electron chi connectivity index (χ1n) is 5.78. The summed E-state index contributed by atoms with van der Waals surface area (Å²) in [6, 6.07) is 0. The molecular formula is C13H32N+. The van der Waals surface area contributed by atoms with Crippen LogP contribution in [0.25, 0.3) is 0 Å². The van der Waals surface area contributed by atoms with E-state index in [1.165, 1.54) is 18.5 Å². The fourth-order valence-corrected chi connectivity index (χ4v) is 0.671. The fourth-order valence-electron chi connectivity index (χ4n) is 0.671. The Morgan fingerprint density at radius 1 is 1.07 bits per heavy atom. The minimum Gasteiger partial charge on any atom is -0.331 e. The van der Waals surface area contributed by atoms with E-state index in [2.05, 4.69) is 41.6 Å². The van der Waals surface area contributed by atoms with Crippen LogP contribution in [-0.4, -0.2) is 32.2 Å². The Bertz CT molecular complexity index is 109. The van der Waals surface area contributed by atoms with Crippen LogP contribution in [0.2, 0.25) is 0 Å². The Morgan fingerprint density at radius 3 is 1.36 bits per heavy atom. The van der Waals surface area contributed by atoms with E-state index in [-0.39, 0.29) is 0 Å². The molecule has 0 N–H and O–H groups in total. The maximum absolute atomic E-state index is 3.67. The van der Waals surface area contributed by atoms with Crippen molar-refractivity contribution in [1.82, 2.24) is 0 Å². The molecule has 0 spiro atoms. The summed E-state index contributed by atoms with van der Waals surface area (Å²) in [5.41, 5.74) is 1.25. The van der Waals surface area contributed by atoms with Gasteiger partial charge in [0.05, 0.1) is 27.7 Å². The highest BCUT2D eigenvalue weighted by Crippen LogP contribution is 1.90. The Labute approximate surface area is 92.4 Å². The van der Waals surface area contributed by atoms with Crippen molar-refractivity contribution >= 4 is 0 Å². The standard InChI is InChI=1S/C6H16N.C5H10.C2H6/c1-5-6-7(2,3)4;1-4-5(2)3;1-2/h5-6H2,1-4H3;2,4H2,1,3H3;1-2H3/q+1;;. The molecule has 1 nitrogen and oxygen atoms in total. The van der Waals surface area contributed by atoms with Gasteiger partial charge in [0.1, 0.15) is 0 Å². The molecule has 0 aromatic carbocycles. The Balaban J connectivity index is -0.000000152. The third-order valence-corrected chi connectivity index (χ3v) is 1.50. The number of nitrogens with zero attached hydrogens (tertiary/aromatic N) is 1. The molecule has 0 aliphatic heterocycles. The molecule has 0 aromatic heterocycles. The average molecular weight is 202 g/mol. The lowest BCUT2D eigenvalue weighted by Crippen LogP contribution is -2.34. The van der Waals surface area contributed by atoms with Gasteiger partial charge in [0.25, 0.3) is 0 Å². The first-order valence-corrected chi connectivity index (χ1v) is 5.78. The molecule has 88 valence electrons. The number of allylic oxidation sites excluding steroid dienone is 1. The first-order chi connectivity index (χ1) is 6.33. The molecule has 0 unspecified atom stereocenters. The highest BCUT2D eigenvalue weighted by Gasteiger charge is 2.01. The van der Waals surface area contributed by atoms with Crippen molar-refractivity contribution in [3.05, 3.63) is 12.2 Å². The summed E-state index contributed by atoms with van der Waals surface area (Å²) >= 11 is 0. The molecule has 0 heterocycles. The fraction of sp³-hybridized carbons (Fsp3) is 0.846. The second-order valence-electron chi connectivity index (χ2n) is 4.32. The van der Waals surface area contributed by atoms with Crippen LogP contribution in [0, 0.1) is 0 Å². The summed E-state index contributed by atoms with van der Waals surface area (Å²) in [5, 5.41) is 0. The van der Waals surface area contributed by atoms with Crippen molar-refractivity contribution in [2.45, 2.75) is 47.5 Å². The zero-order valence-electron chi connectivity index (χ0n) is 11.8. The van der Waals surface area contributed by atoms with Crippen molar-refractivity contribution < 1.29 is 4.48 Å². The third kappa shape index (κ3) is 41.2. The predicted molar refractivity (Wildman–Crippen MR) is 69.6 cm³/mol. The van der Waals surface area contributed by atoms with Gasteiger partial charge in [0.2, 0.25) is 0 Å². The lowest BCUT2D eigenvalue weighted by molar-refractivity contribution is -0.870. The van der Waals surface area contributed by atoms with E-state index < -0.39 is 0 Å². The van der Waals surface area contributed by atoms with Gasteiger partial charge in [0, 0.05) is 0 Å². The van der Waals surface area contributed by atoms with E-state index >= 15 is 0 Å². The molecule has 0 amide bonds. The quantitative estimate of drug-likeness (QED) is 0.477. The predicted octanol–water partition coefficient (Wildman–Crippen LogP) is 4.10. The van der Waals surface area contributed by atoms with Gasteiger partial charge in [-0.25, -0.2) is 0 Å². The summed E-state index contributed by atoms with van der Waals surface area (Å²) in [5.74, 6) is 0. The van der Waals surface area contributed by atoms with Crippen molar-refractivity contribution in [3.8, 4) is 0 Å². The van der Waals surface area contributed by atoms with Crippen molar-refractivity contribution in [1.29, 1.82) is 0 Å². The molecule has 0 bridgehead atoms. The van der Waals surface area contributed by atoms with E-state index in [1.807, 2.05) is 20.8 Å². The van der Waals surface area contributed by atoms with Crippen molar-refractivity contribution in [3.63, 3.8) is 0 Å². The van der Waals surface area contributed by atoms with Crippen LogP contribution in [0.5, 0.6) is 0 Å². The lowest BCUT2D eigenvalue weighted by atomic mass is 10.3. The van der Waals surface area contributed by atoms with Gasteiger partial charge in [0.15, 0.2) is 0 Å². The molecule has 1 heteroatoms. The van der Waals surface area contributed by atoms with E-state index in [4.69, 9.17) is 0 Å². The Kier molecular flexibility index (Phi) is 17.5. The molecule has 0 fully saturated rings. The normalized spacial score (nSPS) is 9.14. The van der Waals surface area contributed by atoms with Crippen LogP contribution in [-0.2, 0) is 0 Å². The van der Waals surface area contributed by atoms with Crippen LogP contribution in [0.1, 0.15) is 47.5 Å². The van der Waals surface area contributed by atoms with Gasteiger partial charge < -0.3 is 4.48 Å². The van der Waals surface area contributed by atoms with Crippen LogP contribution < -0.4 is 0 Å². The smallest absolute Gasteiger partial charge is 0.0777 e. The van der Waals surface area contributed by atoms with Gasteiger partial charge in [-0.05, 0) is 19.8 Å². The maximum Gasteiger partial charge on any atom is 0.0777 e. The van der Waals surface area contributed by atoms with E-state index in [9.17, 15) is 0 Å². The SMILES string of the molecule is C=C(C)CC.CC.CCC[N+](C)(C)C. The molecular weight excluding hydrogens is 170 g/mol. The van der Waals surface area contributed by atoms with Gasteiger partial charge in [-0.3, -0.25) is 0 Å². The summed E-state index contributed by atoms with van der Waals surface area (Å²) in [4.78, 5) is 0. The highest BCUT2D eigenvalue weighted by molar-refractivity contribution is 4.84. The first kappa shape index (κ1) is 19.3. The molecule has 0 radical (unpaired) electrons. The summed E-state index contributed by atoms with van der Waals surface area (Å²) in [6.07, 6.45) is 2.39. The zero-order chi connectivity index (χ0) is 12.2. The molecule has 0 aromatic rings. The molecule has 0 aliphatic rings. The topological polar surface area (TPSA) is 0 Å². The zero-order valence-corrected chi connectivity index (χ0v) is 11.8. The minimum absolute atomic E-state index is 1.09. The van der Waals surface area contributed by atoms with Gasteiger partial charge in [-0.15, -0.1) is 6.58 Å². The van der Waals surface area contributed by atoms with E-state index in [0.717, 1.165) is 10.9 Å². The van der Waals surface area contributed by atoms with Crippen LogP contribution >= 0.6 is 0 Å². The van der Waals surface area contributed by atoms with Gasteiger partial charge in [-0.1, -0.05) is 33.3 Å². The monoisotopic (exact) mass is 202 g/mol. The third-order valence-electron chi connectivity index (χ3n) is 1.50. The summed E-state index contributed by atoms with van der Waals surface area (Å²) in [7, 11) is 6.64. The van der Waals surface area contributed by atoms with Crippen LogP contribution in [0.3, 0.4) is 0 Å². The largest absolute Gasteiger partial charge is 0.331 e. The number of rotatable bonds is 3. The molecule has 0 atom stereocenters. The second-order valence-corrected chi connectivity index (χ2v) is 4.32. The van der Waals surface area contributed by atoms with Crippen LogP contribution in [0.15, 0.2) is 12.2 Å². The van der Waals surface area contributed by atoms with Crippen molar-refractivity contribution in [2.24, 2.45) is 0 Å². The van der Waals surface area contributed by atoms with E-state index in [0.29, 0.717) is 0 Å². The highest BCUT2D eigenvalue weighted by atomic mass is 15.3. The molecule has 0 aliphatic carbocycles. The molecule has 0 saturated carbocycles. The number of hydrogen-bond donors (Lipinski definition) is 0. The number of quaternary nitrogens is 1. The minimum atomic E-state index is 1.09. The Morgan fingerprint density at radius 2 is 1.36 bits per heavy atom. The van der Waals surface area contributed by atoms with E-state index in [1.54, 1.807) is 0 Å². The molecule has 0 saturated heterocycles. The van der Waals surface area contributed by atoms with Gasteiger partial charge >= 0.3 is 0 Å². The summed E-state index contributed by atoms with van der Waals surface area (Å²) < 4.78 is 1.09. The maximum atomic E-state index is 3.67.